The van der Waals surface area contributed by atoms with Gasteiger partial charge in [-0.2, -0.15) is 4.31 Å². The number of halogens is 1. The minimum absolute atomic E-state index is 0.0392. The van der Waals surface area contributed by atoms with Crippen molar-refractivity contribution in [3.63, 3.8) is 0 Å². The van der Waals surface area contributed by atoms with E-state index >= 15 is 0 Å². The molecule has 7 nitrogen and oxygen atoms in total. The van der Waals surface area contributed by atoms with Crippen LogP contribution in [0.1, 0.15) is 28.8 Å². The Morgan fingerprint density at radius 3 is 2.28 bits per heavy atom. The minimum atomic E-state index is -3.53. The molecule has 1 saturated heterocycles. The van der Waals surface area contributed by atoms with Crippen molar-refractivity contribution in [2.75, 3.05) is 32.7 Å². The van der Waals surface area contributed by atoms with Crippen LogP contribution in [0.5, 0.6) is 0 Å². The van der Waals surface area contributed by atoms with Gasteiger partial charge in [0.25, 0.3) is 5.91 Å². The van der Waals surface area contributed by atoms with Crippen LogP contribution in [0.25, 0.3) is 6.08 Å². The summed E-state index contributed by atoms with van der Waals surface area (Å²) >= 11 is 5.81. The van der Waals surface area contributed by atoms with Crippen LogP contribution in [0.2, 0.25) is 5.02 Å². The summed E-state index contributed by atoms with van der Waals surface area (Å²) in [5.41, 5.74) is 1.33. The number of amides is 2. The van der Waals surface area contributed by atoms with E-state index in [-0.39, 0.29) is 24.9 Å². The van der Waals surface area contributed by atoms with E-state index in [0.717, 1.165) is 5.56 Å². The minimum Gasteiger partial charge on any atom is -0.352 e. The highest BCUT2D eigenvalue weighted by Gasteiger charge is 2.27. The first-order valence-electron chi connectivity index (χ1n) is 10.4. The second-order valence-corrected chi connectivity index (χ2v) is 9.66. The summed E-state index contributed by atoms with van der Waals surface area (Å²) < 4.78 is 26.5. The van der Waals surface area contributed by atoms with Crippen molar-refractivity contribution in [2.24, 2.45) is 0 Å². The third-order valence-corrected chi connectivity index (χ3v) is 6.96. The fourth-order valence-corrected chi connectivity index (χ4v) is 4.61. The summed E-state index contributed by atoms with van der Waals surface area (Å²) in [6.07, 6.45) is 2.38. The SMILES string of the molecule is O=C(NCCCC(=O)N1CCN(S(=O)(=O)C=Cc2ccccc2)CC1)c1ccc(Cl)cc1. The van der Waals surface area contributed by atoms with Crippen LogP contribution in [0, 0.1) is 0 Å². The number of sulfonamides is 1. The van der Waals surface area contributed by atoms with Crippen LogP contribution in [0.4, 0.5) is 0 Å². The smallest absolute Gasteiger partial charge is 0.251 e. The normalized spacial score (nSPS) is 15.1. The monoisotopic (exact) mass is 475 g/mol. The topological polar surface area (TPSA) is 86.8 Å². The third-order valence-electron chi connectivity index (χ3n) is 5.14. The predicted octanol–water partition coefficient (Wildman–Crippen LogP) is 2.99. The Hall–Kier alpha value is -2.68. The lowest BCUT2D eigenvalue weighted by Gasteiger charge is -2.33. The summed E-state index contributed by atoms with van der Waals surface area (Å²) in [6, 6.07) is 15.8. The molecule has 2 aromatic rings. The summed E-state index contributed by atoms with van der Waals surface area (Å²) in [4.78, 5) is 26.2. The zero-order valence-electron chi connectivity index (χ0n) is 17.6. The molecule has 0 saturated carbocycles. The molecule has 0 spiro atoms. The van der Waals surface area contributed by atoms with Gasteiger partial charge in [-0.05, 0) is 42.3 Å². The highest BCUT2D eigenvalue weighted by Crippen LogP contribution is 2.13. The molecule has 0 radical (unpaired) electrons. The van der Waals surface area contributed by atoms with Crippen LogP contribution in [-0.4, -0.2) is 62.2 Å². The maximum absolute atomic E-state index is 12.5. The average molecular weight is 476 g/mol. The van der Waals surface area contributed by atoms with Gasteiger partial charge in [0.2, 0.25) is 15.9 Å². The summed E-state index contributed by atoms with van der Waals surface area (Å²) in [7, 11) is -3.53. The van der Waals surface area contributed by atoms with Crippen molar-refractivity contribution in [1.29, 1.82) is 0 Å². The van der Waals surface area contributed by atoms with E-state index in [1.54, 1.807) is 35.2 Å². The third kappa shape index (κ3) is 6.91. The molecule has 0 aliphatic carbocycles. The van der Waals surface area contributed by atoms with Crippen molar-refractivity contribution in [3.05, 3.63) is 76.2 Å². The van der Waals surface area contributed by atoms with E-state index in [0.29, 0.717) is 43.1 Å². The maximum Gasteiger partial charge on any atom is 0.251 e. The highest BCUT2D eigenvalue weighted by atomic mass is 35.5. The van der Waals surface area contributed by atoms with Crippen LogP contribution in [0.15, 0.2) is 60.0 Å². The predicted molar refractivity (Wildman–Crippen MR) is 126 cm³/mol. The fourth-order valence-electron chi connectivity index (χ4n) is 3.31. The Labute approximate surface area is 193 Å². The molecule has 9 heteroatoms. The molecule has 1 fully saturated rings. The number of piperazine rings is 1. The lowest BCUT2D eigenvalue weighted by Crippen LogP contribution is -2.50. The van der Waals surface area contributed by atoms with E-state index < -0.39 is 10.0 Å². The largest absolute Gasteiger partial charge is 0.352 e. The maximum atomic E-state index is 12.5. The van der Waals surface area contributed by atoms with Crippen molar-refractivity contribution < 1.29 is 18.0 Å². The van der Waals surface area contributed by atoms with Crippen molar-refractivity contribution in [1.82, 2.24) is 14.5 Å². The quantitative estimate of drug-likeness (QED) is 0.594. The summed E-state index contributed by atoms with van der Waals surface area (Å²) in [5, 5.41) is 4.56. The van der Waals surface area contributed by atoms with Gasteiger partial charge in [0.15, 0.2) is 0 Å². The first-order valence-corrected chi connectivity index (χ1v) is 12.3. The molecule has 2 aromatic carbocycles. The first kappa shape index (κ1) is 24.0. The van der Waals surface area contributed by atoms with Crippen LogP contribution in [-0.2, 0) is 14.8 Å². The molecule has 1 heterocycles. The second-order valence-electron chi connectivity index (χ2n) is 7.40. The van der Waals surface area contributed by atoms with E-state index in [1.165, 1.54) is 9.71 Å². The molecular formula is C23H26ClN3O4S. The number of carbonyl (C=O) groups is 2. The Bertz CT molecular complexity index is 1050. The zero-order valence-corrected chi connectivity index (χ0v) is 19.2. The molecule has 2 amide bonds. The Morgan fingerprint density at radius 1 is 0.969 bits per heavy atom. The average Bonchev–Trinajstić information content (AvgIpc) is 2.81. The Morgan fingerprint density at radius 2 is 1.62 bits per heavy atom. The molecule has 0 atom stereocenters. The first-order chi connectivity index (χ1) is 15.3. The lowest BCUT2D eigenvalue weighted by atomic mass is 10.2. The van der Waals surface area contributed by atoms with Gasteiger partial charge in [0, 0.05) is 55.1 Å². The van der Waals surface area contributed by atoms with Gasteiger partial charge in [0.05, 0.1) is 0 Å². The standard InChI is InChI=1S/C23H26ClN3O4S/c24-21-10-8-20(9-11-21)23(29)25-13-4-7-22(28)26-14-16-27(17-15-26)32(30,31)18-12-19-5-2-1-3-6-19/h1-3,5-6,8-12,18H,4,7,13-17H2,(H,25,29). The molecule has 32 heavy (non-hydrogen) atoms. The van der Waals surface area contributed by atoms with Gasteiger partial charge in [-0.3, -0.25) is 9.59 Å². The number of hydrogen-bond acceptors (Lipinski definition) is 4. The molecule has 0 aromatic heterocycles. The van der Waals surface area contributed by atoms with Gasteiger partial charge < -0.3 is 10.2 Å². The molecule has 1 aliphatic heterocycles. The molecule has 170 valence electrons. The summed E-state index contributed by atoms with van der Waals surface area (Å²) in [5.74, 6) is -0.251. The van der Waals surface area contributed by atoms with Gasteiger partial charge in [-0.25, -0.2) is 8.42 Å². The van der Waals surface area contributed by atoms with Crippen LogP contribution in [0.3, 0.4) is 0 Å². The van der Waals surface area contributed by atoms with E-state index in [2.05, 4.69) is 5.32 Å². The van der Waals surface area contributed by atoms with E-state index in [1.807, 2.05) is 30.3 Å². The molecule has 0 bridgehead atoms. The highest BCUT2D eigenvalue weighted by molar-refractivity contribution is 7.92. The van der Waals surface area contributed by atoms with Crippen molar-refractivity contribution >= 4 is 39.5 Å². The van der Waals surface area contributed by atoms with E-state index in [9.17, 15) is 18.0 Å². The van der Waals surface area contributed by atoms with Gasteiger partial charge in [0.1, 0.15) is 0 Å². The van der Waals surface area contributed by atoms with E-state index in [4.69, 9.17) is 11.6 Å². The Kier molecular flexibility index (Phi) is 8.44. The van der Waals surface area contributed by atoms with Gasteiger partial charge >= 0.3 is 0 Å². The number of carbonyl (C=O) groups excluding carboxylic acids is 2. The number of rotatable bonds is 8. The number of hydrogen-bond donors (Lipinski definition) is 1. The van der Waals surface area contributed by atoms with Crippen LogP contribution >= 0.6 is 11.6 Å². The van der Waals surface area contributed by atoms with Gasteiger partial charge in [-0.1, -0.05) is 41.9 Å². The second kappa shape index (κ2) is 11.3. The lowest BCUT2D eigenvalue weighted by molar-refractivity contribution is -0.132. The zero-order chi connectivity index (χ0) is 23.0. The van der Waals surface area contributed by atoms with Crippen molar-refractivity contribution in [2.45, 2.75) is 12.8 Å². The number of benzene rings is 2. The fraction of sp³-hybridized carbons (Fsp3) is 0.304. The number of nitrogens with zero attached hydrogens (tertiary/aromatic N) is 2. The summed E-state index contributed by atoms with van der Waals surface area (Å²) in [6.45, 7) is 1.62. The molecular weight excluding hydrogens is 450 g/mol. The molecule has 0 unspecified atom stereocenters. The van der Waals surface area contributed by atoms with Crippen LogP contribution < -0.4 is 5.32 Å². The molecule has 1 N–H and O–H groups in total. The molecule has 3 rings (SSSR count). The Balaban J connectivity index is 1.39. The number of nitrogens with one attached hydrogen (secondary N) is 1. The van der Waals surface area contributed by atoms with Gasteiger partial charge in [-0.15, -0.1) is 0 Å². The molecule has 1 aliphatic rings. The van der Waals surface area contributed by atoms with Crippen molar-refractivity contribution in [3.8, 4) is 0 Å².